The van der Waals surface area contributed by atoms with Gasteiger partial charge < -0.3 is 31.6 Å². The molecule has 138 valence electrons. The second kappa shape index (κ2) is 7.98. The number of benzene rings is 1. The summed E-state index contributed by atoms with van der Waals surface area (Å²) in [5, 5.41) is 6.29. The van der Waals surface area contributed by atoms with Crippen LogP contribution in [0.1, 0.15) is 16.8 Å². The number of aromatic nitrogens is 2. The predicted octanol–water partition coefficient (Wildman–Crippen LogP) is 0.856. The van der Waals surface area contributed by atoms with Crippen LogP contribution in [0.15, 0.2) is 30.5 Å². The predicted molar refractivity (Wildman–Crippen MR) is 97.6 cm³/mol. The lowest BCUT2D eigenvalue weighted by Gasteiger charge is -2.29. The van der Waals surface area contributed by atoms with E-state index in [2.05, 4.69) is 20.6 Å². The summed E-state index contributed by atoms with van der Waals surface area (Å²) in [4.78, 5) is 20.3. The third-order valence-electron chi connectivity index (χ3n) is 4.10. The molecule has 3 rings (SSSR count). The molecule has 1 amide bonds. The maximum Gasteiger partial charge on any atom is 0.254 e. The molecule has 26 heavy (non-hydrogen) atoms. The van der Waals surface area contributed by atoms with Crippen molar-refractivity contribution in [3.8, 4) is 5.75 Å². The summed E-state index contributed by atoms with van der Waals surface area (Å²) in [5.74, 6) is 0.729. The molecule has 1 aromatic heterocycles. The Morgan fingerprint density at radius 2 is 2.27 bits per heavy atom. The molecule has 2 heterocycles. The van der Waals surface area contributed by atoms with Gasteiger partial charge in [-0.1, -0.05) is 6.07 Å². The molecule has 0 aliphatic carbocycles. The summed E-state index contributed by atoms with van der Waals surface area (Å²) in [5.41, 5.74) is 12.4. The third kappa shape index (κ3) is 4.19. The second-order valence-electron chi connectivity index (χ2n) is 5.96. The van der Waals surface area contributed by atoms with E-state index in [0.29, 0.717) is 36.4 Å². The van der Waals surface area contributed by atoms with Gasteiger partial charge in [0.2, 0.25) is 5.95 Å². The van der Waals surface area contributed by atoms with Crippen LogP contribution in [0.25, 0.3) is 0 Å². The Balaban J connectivity index is 1.85. The molecule has 0 spiro atoms. The summed E-state index contributed by atoms with van der Waals surface area (Å²) < 4.78 is 10.5. The van der Waals surface area contributed by atoms with E-state index >= 15 is 0 Å². The second-order valence-corrected chi connectivity index (χ2v) is 5.96. The fraction of sp³-hybridized carbons (Fsp3) is 0.353. The van der Waals surface area contributed by atoms with Gasteiger partial charge in [-0.3, -0.25) is 4.79 Å². The average molecular weight is 358 g/mol. The number of ether oxygens (including phenoxy) is 2. The van der Waals surface area contributed by atoms with Crippen molar-refractivity contribution in [1.82, 2.24) is 9.97 Å². The Morgan fingerprint density at radius 3 is 3.00 bits per heavy atom. The highest BCUT2D eigenvalue weighted by Crippen LogP contribution is 2.23. The van der Waals surface area contributed by atoms with Gasteiger partial charge >= 0.3 is 0 Å². The molecule has 0 bridgehead atoms. The summed E-state index contributed by atoms with van der Waals surface area (Å²) in [6, 6.07) is 7.10. The van der Waals surface area contributed by atoms with Crippen LogP contribution in [0.5, 0.6) is 5.75 Å². The average Bonchev–Trinajstić information content (AvgIpc) is 2.64. The van der Waals surface area contributed by atoms with Gasteiger partial charge in [0.25, 0.3) is 5.91 Å². The number of hydrogen-bond acceptors (Lipinski definition) is 8. The molecule has 1 saturated heterocycles. The normalized spacial score (nSPS) is 19.6. The first-order valence-electron chi connectivity index (χ1n) is 8.24. The third-order valence-corrected chi connectivity index (χ3v) is 4.10. The Labute approximate surface area is 151 Å². The Bertz CT molecular complexity index is 785. The van der Waals surface area contributed by atoms with E-state index in [9.17, 15) is 4.79 Å². The van der Waals surface area contributed by atoms with Crippen LogP contribution in [-0.4, -0.2) is 48.3 Å². The first kappa shape index (κ1) is 17.9. The van der Waals surface area contributed by atoms with Gasteiger partial charge in [-0.05, 0) is 18.6 Å². The minimum Gasteiger partial charge on any atom is -0.497 e. The van der Waals surface area contributed by atoms with Gasteiger partial charge in [-0.2, -0.15) is 4.98 Å². The summed E-state index contributed by atoms with van der Waals surface area (Å²) in [6.45, 7) is 1.10. The number of nitrogens with one attached hydrogen (secondary N) is 2. The summed E-state index contributed by atoms with van der Waals surface area (Å²) in [7, 11) is 1.58. The van der Waals surface area contributed by atoms with Crippen LogP contribution in [-0.2, 0) is 4.74 Å². The molecule has 1 aliphatic rings. The largest absolute Gasteiger partial charge is 0.497 e. The number of primary amides is 1. The molecule has 2 atom stereocenters. The van der Waals surface area contributed by atoms with Crippen LogP contribution in [0.3, 0.4) is 0 Å². The minimum atomic E-state index is -0.621. The molecule has 6 N–H and O–H groups in total. The van der Waals surface area contributed by atoms with E-state index in [1.54, 1.807) is 13.2 Å². The van der Waals surface area contributed by atoms with Crippen LogP contribution < -0.4 is 26.8 Å². The van der Waals surface area contributed by atoms with Crippen molar-refractivity contribution in [2.45, 2.75) is 18.5 Å². The van der Waals surface area contributed by atoms with Crippen molar-refractivity contribution in [2.75, 3.05) is 31.0 Å². The van der Waals surface area contributed by atoms with Crippen molar-refractivity contribution >= 4 is 23.4 Å². The molecular formula is C17H22N6O3. The lowest BCUT2D eigenvalue weighted by atomic mass is 10.1. The molecule has 1 fully saturated rings. The highest BCUT2D eigenvalue weighted by molar-refractivity contribution is 5.98. The van der Waals surface area contributed by atoms with E-state index in [4.69, 9.17) is 20.9 Å². The standard InChI is InChI=1S/C17H22N6O3/c1-25-11-4-2-3-10(7-11)21-16-12(15(19)24)8-20-17(23-16)22-14-5-6-26-9-13(14)18/h2-4,7-8,13-14H,5-6,9,18H2,1H3,(H2,19,24)(H2,20,21,22,23)/t13-,14+/m0/s1. The SMILES string of the molecule is COc1cccc(Nc2nc(N[C@@H]3CCOC[C@@H]3N)ncc2C(N)=O)c1. The maximum atomic E-state index is 11.7. The van der Waals surface area contributed by atoms with Crippen LogP contribution in [0, 0.1) is 0 Å². The smallest absolute Gasteiger partial charge is 0.254 e. The van der Waals surface area contributed by atoms with E-state index < -0.39 is 5.91 Å². The number of anilines is 3. The first-order chi connectivity index (χ1) is 12.6. The highest BCUT2D eigenvalue weighted by Gasteiger charge is 2.23. The molecule has 0 unspecified atom stereocenters. The van der Waals surface area contributed by atoms with Crippen molar-refractivity contribution < 1.29 is 14.3 Å². The number of rotatable bonds is 6. The molecule has 1 aliphatic heterocycles. The lowest BCUT2D eigenvalue weighted by Crippen LogP contribution is -2.47. The maximum absolute atomic E-state index is 11.7. The molecule has 9 heteroatoms. The highest BCUT2D eigenvalue weighted by atomic mass is 16.5. The van der Waals surface area contributed by atoms with Crippen LogP contribution in [0.4, 0.5) is 17.5 Å². The zero-order valence-electron chi connectivity index (χ0n) is 14.4. The molecule has 0 saturated carbocycles. The van der Waals surface area contributed by atoms with Crippen LogP contribution in [0.2, 0.25) is 0 Å². The molecular weight excluding hydrogens is 336 g/mol. The van der Waals surface area contributed by atoms with Gasteiger partial charge in [0.05, 0.1) is 13.7 Å². The van der Waals surface area contributed by atoms with E-state index in [-0.39, 0.29) is 17.6 Å². The quantitative estimate of drug-likeness (QED) is 0.596. The Hall–Kier alpha value is -2.91. The number of nitrogens with two attached hydrogens (primary N) is 2. The number of amides is 1. The molecule has 0 radical (unpaired) electrons. The minimum absolute atomic E-state index is 0.00662. The number of hydrogen-bond donors (Lipinski definition) is 4. The Morgan fingerprint density at radius 1 is 1.42 bits per heavy atom. The monoisotopic (exact) mass is 358 g/mol. The van der Waals surface area contributed by atoms with E-state index in [1.807, 2.05) is 18.2 Å². The Kier molecular flexibility index (Phi) is 5.49. The van der Waals surface area contributed by atoms with Crippen LogP contribution >= 0.6 is 0 Å². The van der Waals surface area contributed by atoms with Gasteiger partial charge in [0.1, 0.15) is 17.1 Å². The van der Waals surface area contributed by atoms with Crippen molar-refractivity contribution in [2.24, 2.45) is 11.5 Å². The van der Waals surface area contributed by atoms with Gasteiger partial charge in [-0.15, -0.1) is 0 Å². The summed E-state index contributed by atoms with van der Waals surface area (Å²) in [6.07, 6.45) is 2.14. The van der Waals surface area contributed by atoms with E-state index in [0.717, 1.165) is 6.42 Å². The van der Waals surface area contributed by atoms with Gasteiger partial charge in [-0.25, -0.2) is 4.98 Å². The first-order valence-corrected chi connectivity index (χ1v) is 8.24. The van der Waals surface area contributed by atoms with E-state index in [1.165, 1.54) is 6.20 Å². The number of carbonyl (C=O) groups excluding carboxylic acids is 1. The molecule has 1 aromatic carbocycles. The topological polar surface area (TPSA) is 137 Å². The number of methoxy groups -OCH3 is 1. The molecule has 9 nitrogen and oxygen atoms in total. The number of nitrogens with zero attached hydrogens (tertiary/aromatic N) is 2. The van der Waals surface area contributed by atoms with Crippen molar-refractivity contribution in [1.29, 1.82) is 0 Å². The number of carbonyl (C=O) groups is 1. The van der Waals surface area contributed by atoms with Gasteiger partial charge in [0, 0.05) is 36.6 Å². The van der Waals surface area contributed by atoms with Crippen molar-refractivity contribution in [3.63, 3.8) is 0 Å². The summed E-state index contributed by atoms with van der Waals surface area (Å²) >= 11 is 0. The lowest BCUT2D eigenvalue weighted by molar-refractivity contribution is 0.0751. The fourth-order valence-electron chi connectivity index (χ4n) is 2.67. The fourth-order valence-corrected chi connectivity index (χ4v) is 2.67. The van der Waals surface area contributed by atoms with Gasteiger partial charge in [0.15, 0.2) is 0 Å². The zero-order valence-corrected chi connectivity index (χ0v) is 14.4. The van der Waals surface area contributed by atoms with Crippen molar-refractivity contribution in [3.05, 3.63) is 36.0 Å². The zero-order chi connectivity index (χ0) is 18.5. The molecule has 2 aromatic rings.